The summed E-state index contributed by atoms with van der Waals surface area (Å²) >= 11 is 0. The summed E-state index contributed by atoms with van der Waals surface area (Å²) in [5.74, 6) is 0.802. The Balaban J connectivity index is 2.16. The summed E-state index contributed by atoms with van der Waals surface area (Å²) in [5, 5.41) is 0. The number of hydrogen-bond acceptors (Lipinski definition) is 2. The number of pyridine rings is 1. The average Bonchev–Trinajstić information content (AvgIpc) is 2.59. The summed E-state index contributed by atoms with van der Waals surface area (Å²) in [4.78, 5) is 6.65. The van der Waals surface area contributed by atoms with Crippen molar-refractivity contribution in [3.05, 3.63) is 30.1 Å². The van der Waals surface area contributed by atoms with Crippen LogP contribution in [0.3, 0.4) is 0 Å². The van der Waals surface area contributed by atoms with Crippen molar-refractivity contribution in [1.29, 1.82) is 0 Å². The molecule has 1 atom stereocenters. The fourth-order valence-corrected chi connectivity index (χ4v) is 3.17. The molecule has 2 rings (SSSR count). The van der Waals surface area contributed by atoms with Crippen molar-refractivity contribution in [1.82, 2.24) is 9.88 Å². The van der Waals surface area contributed by atoms with E-state index >= 15 is 0 Å². The van der Waals surface area contributed by atoms with Crippen LogP contribution in [0.25, 0.3) is 0 Å². The highest BCUT2D eigenvalue weighted by Gasteiger charge is 2.25. The second-order valence-electron chi connectivity index (χ2n) is 5.45. The predicted octanol–water partition coefficient (Wildman–Crippen LogP) is 3.65. The normalized spacial score (nSPS) is 20.2. The Labute approximate surface area is 105 Å². The number of hydrogen-bond donors (Lipinski definition) is 0. The van der Waals surface area contributed by atoms with E-state index in [1.165, 1.54) is 44.1 Å². The van der Waals surface area contributed by atoms with Crippen LogP contribution in [-0.4, -0.2) is 24.0 Å². The van der Waals surface area contributed by atoms with Gasteiger partial charge in [-0.2, -0.15) is 0 Å². The SMILES string of the molecule is CN(C)C(c1cccnc1)C1CCCCCC1. The Morgan fingerprint density at radius 3 is 2.41 bits per heavy atom. The Hall–Kier alpha value is -0.890. The standard InChI is InChI=1S/C15H24N2/c1-17(2)15(14-10-7-11-16-12-14)13-8-5-3-4-6-9-13/h7,10-13,15H,3-6,8-9H2,1-2H3. The zero-order chi connectivity index (χ0) is 12.1. The van der Waals surface area contributed by atoms with Crippen molar-refractivity contribution < 1.29 is 0 Å². The Morgan fingerprint density at radius 2 is 1.88 bits per heavy atom. The second-order valence-corrected chi connectivity index (χ2v) is 5.45. The molecular formula is C15H24N2. The monoisotopic (exact) mass is 232 g/mol. The molecule has 1 aromatic heterocycles. The average molecular weight is 232 g/mol. The van der Waals surface area contributed by atoms with E-state index in [-0.39, 0.29) is 0 Å². The van der Waals surface area contributed by atoms with E-state index in [1.54, 1.807) is 0 Å². The van der Waals surface area contributed by atoms with E-state index in [1.807, 2.05) is 12.4 Å². The Bertz CT molecular complexity index is 313. The number of rotatable bonds is 3. The molecule has 2 nitrogen and oxygen atoms in total. The lowest BCUT2D eigenvalue weighted by Gasteiger charge is -2.32. The summed E-state index contributed by atoms with van der Waals surface area (Å²) < 4.78 is 0. The van der Waals surface area contributed by atoms with Crippen LogP contribution in [0.2, 0.25) is 0 Å². The smallest absolute Gasteiger partial charge is 0.0385 e. The van der Waals surface area contributed by atoms with Crippen molar-refractivity contribution in [2.75, 3.05) is 14.1 Å². The maximum Gasteiger partial charge on any atom is 0.0385 e. The van der Waals surface area contributed by atoms with Crippen molar-refractivity contribution in [2.45, 2.75) is 44.6 Å². The van der Waals surface area contributed by atoms with Crippen molar-refractivity contribution in [3.8, 4) is 0 Å². The molecule has 0 N–H and O–H groups in total. The summed E-state index contributed by atoms with van der Waals surface area (Å²) in [6, 6.07) is 4.83. The summed E-state index contributed by atoms with van der Waals surface area (Å²) in [5.41, 5.74) is 1.38. The molecule has 0 saturated heterocycles. The van der Waals surface area contributed by atoms with E-state index in [4.69, 9.17) is 0 Å². The molecule has 0 amide bonds. The second kappa shape index (κ2) is 6.15. The zero-order valence-corrected chi connectivity index (χ0v) is 11.1. The van der Waals surface area contributed by atoms with Gasteiger partial charge in [0, 0.05) is 18.4 Å². The van der Waals surface area contributed by atoms with Gasteiger partial charge in [-0.1, -0.05) is 31.7 Å². The Kier molecular flexibility index (Phi) is 4.55. The minimum atomic E-state index is 0.543. The zero-order valence-electron chi connectivity index (χ0n) is 11.1. The highest BCUT2D eigenvalue weighted by molar-refractivity contribution is 5.15. The first-order chi connectivity index (χ1) is 8.29. The third kappa shape index (κ3) is 3.29. The van der Waals surface area contributed by atoms with Gasteiger partial charge in [0.15, 0.2) is 0 Å². The molecule has 0 aromatic carbocycles. The van der Waals surface area contributed by atoms with Gasteiger partial charge in [0.25, 0.3) is 0 Å². The molecule has 0 bridgehead atoms. The van der Waals surface area contributed by atoms with E-state index in [2.05, 4.69) is 36.1 Å². The molecule has 0 spiro atoms. The van der Waals surface area contributed by atoms with E-state index in [9.17, 15) is 0 Å². The highest BCUT2D eigenvalue weighted by atomic mass is 15.1. The lowest BCUT2D eigenvalue weighted by Crippen LogP contribution is -2.27. The molecule has 94 valence electrons. The van der Waals surface area contributed by atoms with Gasteiger partial charge in [0.1, 0.15) is 0 Å². The van der Waals surface area contributed by atoms with E-state index in [0.717, 1.165) is 5.92 Å². The number of aromatic nitrogens is 1. The maximum absolute atomic E-state index is 4.28. The number of nitrogens with zero attached hydrogens (tertiary/aromatic N) is 2. The summed E-state index contributed by atoms with van der Waals surface area (Å²) in [7, 11) is 4.39. The lowest BCUT2D eigenvalue weighted by atomic mass is 9.87. The molecule has 2 heteroatoms. The molecule has 1 aliphatic rings. The molecule has 17 heavy (non-hydrogen) atoms. The van der Waals surface area contributed by atoms with Crippen molar-refractivity contribution >= 4 is 0 Å². The molecule has 1 saturated carbocycles. The molecular weight excluding hydrogens is 208 g/mol. The van der Waals surface area contributed by atoms with Crippen molar-refractivity contribution in [2.24, 2.45) is 5.92 Å². The molecule has 1 aromatic rings. The van der Waals surface area contributed by atoms with Crippen LogP contribution in [0, 0.1) is 5.92 Å². The van der Waals surface area contributed by atoms with Crippen LogP contribution in [-0.2, 0) is 0 Å². The van der Waals surface area contributed by atoms with Gasteiger partial charge in [-0.3, -0.25) is 4.98 Å². The van der Waals surface area contributed by atoms with Gasteiger partial charge in [-0.25, -0.2) is 0 Å². The maximum atomic E-state index is 4.28. The van der Waals surface area contributed by atoms with Crippen LogP contribution in [0.5, 0.6) is 0 Å². The molecule has 0 radical (unpaired) electrons. The van der Waals surface area contributed by atoms with Crippen LogP contribution >= 0.6 is 0 Å². The topological polar surface area (TPSA) is 16.1 Å². The molecule has 0 aliphatic heterocycles. The van der Waals surface area contributed by atoms with Crippen LogP contribution < -0.4 is 0 Å². The Morgan fingerprint density at radius 1 is 1.18 bits per heavy atom. The summed E-state index contributed by atoms with van der Waals surface area (Å²) in [6.07, 6.45) is 12.3. The van der Waals surface area contributed by atoms with E-state index in [0.29, 0.717) is 6.04 Å². The summed E-state index contributed by atoms with van der Waals surface area (Å²) in [6.45, 7) is 0. The van der Waals surface area contributed by atoms with Crippen LogP contribution in [0.4, 0.5) is 0 Å². The first kappa shape index (κ1) is 12.6. The lowest BCUT2D eigenvalue weighted by molar-refractivity contribution is 0.194. The fourth-order valence-electron chi connectivity index (χ4n) is 3.17. The molecule has 1 heterocycles. The van der Waals surface area contributed by atoms with Gasteiger partial charge in [-0.05, 0) is 44.5 Å². The minimum Gasteiger partial charge on any atom is -0.302 e. The first-order valence-electron chi connectivity index (χ1n) is 6.85. The third-order valence-electron chi connectivity index (χ3n) is 3.93. The largest absolute Gasteiger partial charge is 0.302 e. The fraction of sp³-hybridized carbons (Fsp3) is 0.667. The first-order valence-corrected chi connectivity index (χ1v) is 6.85. The van der Waals surface area contributed by atoms with Gasteiger partial charge in [0.2, 0.25) is 0 Å². The van der Waals surface area contributed by atoms with Crippen molar-refractivity contribution in [3.63, 3.8) is 0 Å². The van der Waals surface area contributed by atoms with Crippen LogP contribution in [0.1, 0.15) is 50.1 Å². The van der Waals surface area contributed by atoms with E-state index < -0.39 is 0 Å². The highest BCUT2D eigenvalue weighted by Crippen LogP contribution is 2.35. The molecule has 1 aliphatic carbocycles. The van der Waals surface area contributed by atoms with Gasteiger partial charge in [0.05, 0.1) is 0 Å². The van der Waals surface area contributed by atoms with Gasteiger partial charge >= 0.3 is 0 Å². The quantitative estimate of drug-likeness (QED) is 0.739. The third-order valence-corrected chi connectivity index (χ3v) is 3.93. The minimum absolute atomic E-state index is 0.543. The van der Waals surface area contributed by atoms with Crippen LogP contribution in [0.15, 0.2) is 24.5 Å². The van der Waals surface area contributed by atoms with Gasteiger partial charge in [-0.15, -0.1) is 0 Å². The molecule has 1 unspecified atom stereocenters. The van der Waals surface area contributed by atoms with Gasteiger partial charge < -0.3 is 4.90 Å². The molecule has 1 fully saturated rings. The predicted molar refractivity (Wildman–Crippen MR) is 71.9 cm³/mol.